The Labute approximate surface area is 196 Å². The van der Waals surface area contributed by atoms with Crippen molar-refractivity contribution < 1.29 is 28.9 Å². The second-order valence-electron chi connectivity index (χ2n) is 7.89. The third-order valence-electron chi connectivity index (χ3n) is 5.32. The number of carbonyl (C=O) groups excluding carboxylic acids is 1. The van der Waals surface area contributed by atoms with Gasteiger partial charge in [-0.25, -0.2) is 9.59 Å². The van der Waals surface area contributed by atoms with Gasteiger partial charge in [0.25, 0.3) is 0 Å². The summed E-state index contributed by atoms with van der Waals surface area (Å²) in [7, 11) is 3.17. The average molecular weight is 463 g/mol. The monoisotopic (exact) mass is 462 g/mol. The maximum Gasteiger partial charge on any atom is 0.414 e. The molecule has 2 aromatic carbocycles. The topological polar surface area (TPSA) is 89.7 Å². The van der Waals surface area contributed by atoms with Gasteiger partial charge in [0.05, 0.1) is 35.2 Å². The maximum absolute atomic E-state index is 12.2. The van der Waals surface area contributed by atoms with Crippen LogP contribution in [0.25, 0.3) is 16.4 Å². The van der Waals surface area contributed by atoms with Gasteiger partial charge in [-0.1, -0.05) is 18.2 Å². The number of carboxylic acids is 1. The summed E-state index contributed by atoms with van der Waals surface area (Å²) in [5, 5.41) is 10.4. The zero-order chi connectivity index (χ0) is 24.2. The molecule has 0 unspecified atom stereocenters. The predicted molar refractivity (Wildman–Crippen MR) is 128 cm³/mol. The van der Waals surface area contributed by atoms with Gasteiger partial charge in [0, 0.05) is 38.8 Å². The van der Waals surface area contributed by atoms with Gasteiger partial charge < -0.3 is 28.6 Å². The van der Waals surface area contributed by atoms with Gasteiger partial charge in [0.15, 0.2) is 0 Å². The molecule has 0 spiro atoms. The highest BCUT2D eigenvalue weighted by molar-refractivity contribution is 6.13. The highest BCUT2D eigenvalue weighted by atomic mass is 16.6. The number of pyridine rings is 1. The van der Waals surface area contributed by atoms with Gasteiger partial charge in [0.2, 0.25) is 0 Å². The first kappa shape index (κ1) is 23.0. The van der Waals surface area contributed by atoms with E-state index >= 15 is 0 Å². The van der Waals surface area contributed by atoms with Gasteiger partial charge in [-0.2, -0.15) is 0 Å². The second kappa shape index (κ2) is 9.74. The number of hydrogen-bond acceptors (Lipinski definition) is 5. The van der Waals surface area contributed by atoms with Crippen LogP contribution in [0.1, 0.15) is 22.8 Å². The summed E-state index contributed by atoms with van der Waals surface area (Å²) in [4.78, 5) is 25.7. The van der Waals surface area contributed by atoms with Crippen LogP contribution in [-0.4, -0.2) is 53.8 Å². The molecule has 0 bridgehead atoms. The largest absolute Gasteiger partial charge is 0.494 e. The molecule has 1 N–H and O–H groups in total. The van der Waals surface area contributed by atoms with Crippen molar-refractivity contribution in [3.8, 4) is 17.2 Å². The molecule has 0 radical (unpaired) electrons. The van der Waals surface area contributed by atoms with Gasteiger partial charge in [-0.05, 0) is 36.8 Å². The number of hydrogen-bond donors (Lipinski definition) is 1. The number of aromatic nitrogens is 1. The first-order valence-corrected chi connectivity index (χ1v) is 10.9. The Bertz CT molecular complexity index is 1360. The Morgan fingerprint density at radius 2 is 1.79 bits per heavy atom. The van der Waals surface area contributed by atoms with E-state index in [4.69, 9.17) is 14.2 Å². The van der Waals surface area contributed by atoms with E-state index in [2.05, 4.69) is 0 Å². The second-order valence-corrected chi connectivity index (χ2v) is 7.89. The molecule has 0 saturated heterocycles. The zero-order valence-corrected chi connectivity index (χ0v) is 19.3. The van der Waals surface area contributed by atoms with Crippen LogP contribution in [-0.2, 0) is 6.42 Å². The molecule has 2 aromatic heterocycles. The van der Waals surface area contributed by atoms with Crippen LogP contribution in [0.5, 0.6) is 17.2 Å². The normalized spacial score (nSPS) is 10.9. The smallest absolute Gasteiger partial charge is 0.414 e. The zero-order valence-electron chi connectivity index (χ0n) is 19.3. The molecule has 0 atom stereocenters. The number of carboxylic acid groups (broad SMARTS) is 1. The molecule has 2 heterocycles. The average Bonchev–Trinajstić information content (AvgIpc) is 3.14. The number of rotatable bonds is 8. The highest BCUT2D eigenvalue weighted by Gasteiger charge is 2.23. The summed E-state index contributed by atoms with van der Waals surface area (Å²) in [6.07, 6.45) is 1.81. The van der Waals surface area contributed by atoms with E-state index in [9.17, 15) is 14.7 Å². The fraction of sp³-hybridized carbons (Fsp3) is 0.231. The molecule has 0 aliphatic rings. The molecule has 0 aliphatic heterocycles. The van der Waals surface area contributed by atoms with Crippen LogP contribution < -0.4 is 14.2 Å². The first-order chi connectivity index (χ1) is 16.4. The van der Waals surface area contributed by atoms with Crippen molar-refractivity contribution >= 4 is 28.5 Å². The number of amides is 1. The minimum atomic E-state index is -1.06. The first-order valence-electron chi connectivity index (χ1n) is 10.9. The lowest BCUT2D eigenvalue weighted by molar-refractivity contribution is 0.0700. The SMILES string of the molecule is CCOc1cccc(CCOc2cc(OC(=O)N(C)C)cc3c2c(C(=O)O)c2ccccn23)c1. The van der Waals surface area contributed by atoms with Crippen molar-refractivity contribution in [3.05, 3.63) is 71.9 Å². The van der Waals surface area contributed by atoms with E-state index in [1.165, 1.54) is 4.90 Å². The highest BCUT2D eigenvalue weighted by Crippen LogP contribution is 2.38. The minimum absolute atomic E-state index is 0.134. The number of nitrogens with zero attached hydrogens (tertiary/aromatic N) is 2. The third kappa shape index (κ3) is 4.61. The van der Waals surface area contributed by atoms with Crippen LogP contribution in [0.4, 0.5) is 4.79 Å². The van der Waals surface area contributed by atoms with E-state index in [1.807, 2.05) is 37.3 Å². The lowest BCUT2D eigenvalue weighted by Crippen LogP contribution is -2.25. The molecule has 0 saturated carbocycles. The van der Waals surface area contributed by atoms with Crippen molar-refractivity contribution in [2.45, 2.75) is 13.3 Å². The summed E-state index contributed by atoms with van der Waals surface area (Å²) in [5.74, 6) is 0.318. The van der Waals surface area contributed by atoms with Crippen molar-refractivity contribution in [1.82, 2.24) is 9.30 Å². The molecular weight excluding hydrogens is 436 g/mol. The van der Waals surface area contributed by atoms with Gasteiger partial charge in [0.1, 0.15) is 17.2 Å². The van der Waals surface area contributed by atoms with Crippen LogP contribution >= 0.6 is 0 Å². The number of fused-ring (bicyclic) bond motifs is 3. The molecule has 176 valence electrons. The number of carbonyl (C=O) groups is 2. The van der Waals surface area contributed by atoms with E-state index < -0.39 is 12.1 Å². The number of ether oxygens (including phenoxy) is 3. The fourth-order valence-corrected chi connectivity index (χ4v) is 3.82. The standard InChI is InChI=1S/C26H26N2O6/c1-4-32-18-9-7-8-17(14-18)11-13-33-22-16-19(34-26(31)27(2)3)15-21-23(22)24(25(29)30)20-10-5-6-12-28(20)21/h5-10,12,14-16H,4,11,13H2,1-3H3,(H,29,30). The van der Waals surface area contributed by atoms with Crippen molar-refractivity contribution in [1.29, 1.82) is 0 Å². The Morgan fingerprint density at radius 1 is 0.971 bits per heavy atom. The van der Waals surface area contributed by atoms with Crippen LogP contribution in [0.3, 0.4) is 0 Å². The molecule has 1 amide bonds. The molecule has 4 aromatic rings. The summed E-state index contributed by atoms with van der Waals surface area (Å²) in [5.41, 5.74) is 2.26. The summed E-state index contributed by atoms with van der Waals surface area (Å²) in [6.45, 7) is 2.80. The summed E-state index contributed by atoms with van der Waals surface area (Å²) in [6, 6.07) is 16.3. The Morgan fingerprint density at radius 3 is 2.53 bits per heavy atom. The number of aromatic carboxylic acids is 1. The van der Waals surface area contributed by atoms with E-state index in [0.717, 1.165) is 11.3 Å². The summed E-state index contributed by atoms with van der Waals surface area (Å²) < 4.78 is 18.9. The molecular formula is C26H26N2O6. The molecule has 34 heavy (non-hydrogen) atoms. The summed E-state index contributed by atoms with van der Waals surface area (Å²) >= 11 is 0. The lowest BCUT2D eigenvalue weighted by Gasteiger charge is -2.14. The van der Waals surface area contributed by atoms with E-state index in [1.54, 1.807) is 49.0 Å². The van der Waals surface area contributed by atoms with Crippen molar-refractivity contribution in [2.75, 3.05) is 27.3 Å². The van der Waals surface area contributed by atoms with Crippen molar-refractivity contribution in [3.63, 3.8) is 0 Å². The molecule has 4 rings (SSSR count). The maximum atomic E-state index is 12.2. The fourth-order valence-electron chi connectivity index (χ4n) is 3.82. The lowest BCUT2D eigenvalue weighted by atomic mass is 10.1. The molecule has 8 nitrogen and oxygen atoms in total. The third-order valence-corrected chi connectivity index (χ3v) is 5.32. The quantitative estimate of drug-likeness (QED) is 0.402. The van der Waals surface area contributed by atoms with Crippen LogP contribution in [0, 0.1) is 0 Å². The Kier molecular flexibility index (Phi) is 6.58. The Balaban J connectivity index is 1.74. The Hall–Kier alpha value is -4.20. The van der Waals surface area contributed by atoms with Gasteiger partial charge in [-0.3, -0.25) is 0 Å². The van der Waals surface area contributed by atoms with Crippen LogP contribution in [0.15, 0.2) is 60.8 Å². The van der Waals surface area contributed by atoms with Gasteiger partial charge >= 0.3 is 12.1 Å². The minimum Gasteiger partial charge on any atom is -0.494 e. The van der Waals surface area contributed by atoms with Crippen LogP contribution in [0.2, 0.25) is 0 Å². The molecule has 0 aliphatic carbocycles. The number of benzene rings is 2. The van der Waals surface area contributed by atoms with E-state index in [-0.39, 0.29) is 11.3 Å². The predicted octanol–water partition coefficient (Wildman–Crippen LogP) is 4.87. The van der Waals surface area contributed by atoms with Gasteiger partial charge in [-0.15, -0.1) is 0 Å². The molecule has 8 heteroatoms. The molecule has 0 fully saturated rings. The van der Waals surface area contributed by atoms with Crippen molar-refractivity contribution in [2.24, 2.45) is 0 Å². The van der Waals surface area contributed by atoms with E-state index in [0.29, 0.717) is 41.8 Å².